The second kappa shape index (κ2) is 5.34. The summed E-state index contributed by atoms with van der Waals surface area (Å²) < 4.78 is 36.8. The Bertz CT molecular complexity index is 425. The predicted molar refractivity (Wildman–Crippen MR) is 61.1 cm³/mol. The Kier molecular flexibility index (Phi) is 3.81. The molecule has 0 amide bonds. The number of nitrogens with one attached hydrogen (secondary N) is 2. The monoisotopic (exact) mass is 258 g/mol. The highest BCUT2D eigenvalue weighted by atomic mass is 19.4. The molecule has 0 unspecified atom stereocenters. The molecule has 1 aliphatic heterocycles. The van der Waals surface area contributed by atoms with Crippen molar-refractivity contribution in [1.82, 2.24) is 15.5 Å². The Morgan fingerprint density at radius 1 is 1.28 bits per heavy atom. The lowest BCUT2D eigenvalue weighted by Crippen LogP contribution is -2.23. The molecule has 1 aromatic rings. The fourth-order valence-electron chi connectivity index (χ4n) is 1.61. The lowest BCUT2D eigenvalue weighted by Gasteiger charge is -2.14. The minimum absolute atomic E-state index is 0.349. The normalized spacial score (nSPS) is 16.3. The number of anilines is 1. The first kappa shape index (κ1) is 12.8. The van der Waals surface area contributed by atoms with Gasteiger partial charge in [0.15, 0.2) is 5.69 Å². The smallest absolute Gasteiger partial charge is 0.365 e. The fraction of sp³-hybridized carbons (Fsp3) is 0.455. The zero-order chi connectivity index (χ0) is 13.0. The van der Waals surface area contributed by atoms with Gasteiger partial charge in [0.2, 0.25) is 0 Å². The average molecular weight is 258 g/mol. The quantitative estimate of drug-likeness (QED) is 0.812. The van der Waals surface area contributed by atoms with E-state index < -0.39 is 11.9 Å². The molecule has 2 N–H and O–H groups in total. The first-order valence-electron chi connectivity index (χ1n) is 5.59. The standard InChI is InChI=1S/C11H13F3N4/c12-11(13,14)9-1-2-10(18-17-9)16-7-8-3-5-15-6-4-8/h1-3,15H,4-7H2,(H,16,18). The van der Waals surface area contributed by atoms with Gasteiger partial charge in [-0.15, -0.1) is 10.2 Å². The number of aromatic nitrogens is 2. The highest BCUT2D eigenvalue weighted by Crippen LogP contribution is 2.27. The van der Waals surface area contributed by atoms with Crippen LogP contribution in [0.1, 0.15) is 12.1 Å². The molecule has 18 heavy (non-hydrogen) atoms. The molecule has 98 valence electrons. The van der Waals surface area contributed by atoms with Crippen LogP contribution in [0.3, 0.4) is 0 Å². The summed E-state index contributed by atoms with van der Waals surface area (Å²) in [6.45, 7) is 2.34. The minimum Gasteiger partial charge on any atom is -0.365 e. The van der Waals surface area contributed by atoms with Crippen molar-refractivity contribution >= 4 is 5.82 Å². The lowest BCUT2D eigenvalue weighted by molar-refractivity contribution is -0.141. The van der Waals surface area contributed by atoms with Crippen molar-refractivity contribution in [2.24, 2.45) is 0 Å². The Hall–Kier alpha value is -1.63. The molecule has 0 saturated heterocycles. The second-order valence-electron chi connectivity index (χ2n) is 3.97. The maximum Gasteiger partial charge on any atom is 0.435 e. The summed E-state index contributed by atoms with van der Waals surface area (Å²) >= 11 is 0. The highest BCUT2D eigenvalue weighted by Gasteiger charge is 2.32. The molecule has 0 aliphatic carbocycles. The van der Waals surface area contributed by atoms with Gasteiger partial charge in [-0.3, -0.25) is 0 Å². The molecule has 4 nitrogen and oxygen atoms in total. The molecule has 0 aromatic carbocycles. The summed E-state index contributed by atoms with van der Waals surface area (Å²) in [7, 11) is 0. The van der Waals surface area contributed by atoms with Crippen molar-refractivity contribution in [3.05, 3.63) is 29.5 Å². The van der Waals surface area contributed by atoms with Gasteiger partial charge in [0, 0.05) is 13.1 Å². The maximum absolute atomic E-state index is 12.3. The van der Waals surface area contributed by atoms with Gasteiger partial charge in [0.1, 0.15) is 5.82 Å². The molecule has 2 heterocycles. The molecule has 0 radical (unpaired) electrons. The number of hydrogen-bond donors (Lipinski definition) is 2. The van der Waals surface area contributed by atoms with Gasteiger partial charge in [-0.25, -0.2) is 0 Å². The van der Waals surface area contributed by atoms with Crippen LogP contribution in [0.15, 0.2) is 23.8 Å². The third-order valence-electron chi connectivity index (χ3n) is 2.61. The average Bonchev–Trinajstić information content (AvgIpc) is 2.37. The van der Waals surface area contributed by atoms with Crippen LogP contribution in [0.4, 0.5) is 19.0 Å². The SMILES string of the molecule is FC(F)(F)c1ccc(NCC2=CCNCC2)nn1. The van der Waals surface area contributed by atoms with E-state index in [-0.39, 0.29) is 0 Å². The molecule has 0 atom stereocenters. The van der Waals surface area contributed by atoms with Gasteiger partial charge in [-0.2, -0.15) is 13.2 Å². The Balaban J connectivity index is 1.92. The number of nitrogens with zero attached hydrogens (tertiary/aromatic N) is 2. The molecule has 2 rings (SSSR count). The molecule has 1 aliphatic rings. The van der Waals surface area contributed by atoms with Gasteiger partial charge >= 0.3 is 6.18 Å². The number of alkyl halides is 3. The van der Waals surface area contributed by atoms with Crippen molar-refractivity contribution in [3.63, 3.8) is 0 Å². The van der Waals surface area contributed by atoms with Crippen molar-refractivity contribution in [1.29, 1.82) is 0 Å². The number of halogens is 3. The number of hydrogen-bond acceptors (Lipinski definition) is 4. The zero-order valence-corrected chi connectivity index (χ0v) is 9.59. The van der Waals surface area contributed by atoms with Crippen molar-refractivity contribution in [2.75, 3.05) is 25.0 Å². The molecule has 7 heteroatoms. The molecule has 0 saturated carbocycles. The number of rotatable bonds is 3. The lowest BCUT2D eigenvalue weighted by atomic mass is 10.1. The molecular weight excluding hydrogens is 245 g/mol. The zero-order valence-electron chi connectivity index (χ0n) is 9.59. The van der Waals surface area contributed by atoms with E-state index in [1.807, 2.05) is 0 Å². The van der Waals surface area contributed by atoms with E-state index in [1.165, 1.54) is 11.6 Å². The molecule has 0 spiro atoms. The molecule has 0 fully saturated rings. The maximum atomic E-state index is 12.3. The summed E-state index contributed by atoms with van der Waals surface area (Å²) in [4.78, 5) is 0. The summed E-state index contributed by atoms with van der Waals surface area (Å²) in [6, 6.07) is 2.21. The van der Waals surface area contributed by atoms with Crippen molar-refractivity contribution in [3.8, 4) is 0 Å². The largest absolute Gasteiger partial charge is 0.435 e. The van der Waals surface area contributed by atoms with Gasteiger partial charge in [-0.05, 0) is 25.1 Å². The van der Waals surface area contributed by atoms with Gasteiger partial charge in [0.05, 0.1) is 0 Å². The first-order chi connectivity index (χ1) is 8.55. The van der Waals surface area contributed by atoms with Crippen molar-refractivity contribution < 1.29 is 13.2 Å². The Morgan fingerprint density at radius 2 is 2.11 bits per heavy atom. The summed E-state index contributed by atoms with van der Waals surface area (Å²) in [5, 5.41) is 12.8. The van der Waals surface area contributed by atoms with E-state index in [4.69, 9.17) is 0 Å². The third-order valence-corrected chi connectivity index (χ3v) is 2.61. The van der Waals surface area contributed by atoms with E-state index in [9.17, 15) is 13.2 Å². The van der Waals surface area contributed by atoms with E-state index >= 15 is 0 Å². The summed E-state index contributed by atoms with van der Waals surface area (Å²) in [5.74, 6) is 0.349. The fourth-order valence-corrected chi connectivity index (χ4v) is 1.61. The first-order valence-corrected chi connectivity index (χ1v) is 5.59. The predicted octanol–water partition coefficient (Wildman–Crippen LogP) is 1.83. The van der Waals surface area contributed by atoms with Crippen LogP contribution in [-0.4, -0.2) is 29.8 Å². The van der Waals surface area contributed by atoms with Crippen LogP contribution in [0.5, 0.6) is 0 Å². The van der Waals surface area contributed by atoms with Crippen LogP contribution >= 0.6 is 0 Å². The van der Waals surface area contributed by atoms with E-state index in [0.717, 1.165) is 25.6 Å². The second-order valence-corrected chi connectivity index (χ2v) is 3.97. The van der Waals surface area contributed by atoms with Crippen LogP contribution < -0.4 is 10.6 Å². The van der Waals surface area contributed by atoms with Crippen LogP contribution in [0, 0.1) is 0 Å². The minimum atomic E-state index is -4.44. The van der Waals surface area contributed by atoms with Crippen LogP contribution in [0.2, 0.25) is 0 Å². The van der Waals surface area contributed by atoms with Gasteiger partial charge in [0.25, 0.3) is 0 Å². The Labute approximate surface area is 102 Å². The van der Waals surface area contributed by atoms with Gasteiger partial charge in [-0.1, -0.05) is 11.6 Å². The third kappa shape index (κ3) is 3.43. The molecule has 1 aromatic heterocycles. The van der Waals surface area contributed by atoms with E-state index in [2.05, 4.69) is 26.9 Å². The van der Waals surface area contributed by atoms with E-state index in [1.54, 1.807) is 0 Å². The summed E-state index contributed by atoms with van der Waals surface area (Å²) in [6.07, 6.45) is -1.45. The van der Waals surface area contributed by atoms with Gasteiger partial charge < -0.3 is 10.6 Å². The topological polar surface area (TPSA) is 49.8 Å². The van der Waals surface area contributed by atoms with Crippen LogP contribution in [-0.2, 0) is 6.18 Å². The molecular formula is C11H13F3N4. The van der Waals surface area contributed by atoms with Crippen LogP contribution in [0.25, 0.3) is 0 Å². The highest BCUT2D eigenvalue weighted by molar-refractivity contribution is 5.35. The Morgan fingerprint density at radius 3 is 2.67 bits per heavy atom. The molecule has 0 bridgehead atoms. The summed E-state index contributed by atoms with van der Waals surface area (Å²) in [5.41, 5.74) is 0.240. The van der Waals surface area contributed by atoms with Crippen molar-refractivity contribution in [2.45, 2.75) is 12.6 Å². The van der Waals surface area contributed by atoms with E-state index in [0.29, 0.717) is 12.4 Å².